The summed E-state index contributed by atoms with van der Waals surface area (Å²) in [6, 6.07) is 1.88. The van der Waals surface area contributed by atoms with Gasteiger partial charge >= 0.3 is 0 Å². The first-order valence-corrected chi connectivity index (χ1v) is 7.69. The highest BCUT2D eigenvalue weighted by molar-refractivity contribution is 5.92. The minimum Gasteiger partial charge on any atom is -0.391 e. The molecule has 5 heteroatoms. The van der Waals surface area contributed by atoms with E-state index in [0.29, 0.717) is 5.69 Å². The molecule has 1 aliphatic rings. The Hall–Kier alpha value is -1.36. The van der Waals surface area contributed by atoms with Crippen LogP contribution in [0.1, 0.15) is 68.9 Å². The Morgan fingerprint density at radius 1 is 1.45 bits per heavy atom. The summed E-state index contributed by atoms with van der Waals surface area (Å²) in [5, 5.41) is 17.2. The molecule has 0 aromatic carbocycles. The fraction of sp³-hybridized carbons (Fsp3) is 0.733. The van der Waals surface area contributed by atoms with Crippen molar-refractivity contribution in [3.63, 3.8) is 0 Å². The molecule has 0 saturated heterocycles. The van der Waals surface area contributed by atoms with Crippen molar-refractivity contribution in [1.82, 2.24) is 15.1 Å². The Balaban J connectivity index is 2.07. The monoisotopic (exact) mass is 279 g/mol. The van der Waals surface area contributed by atoms with E-state index >= 15 is 0 Å². The topological polar surface area (TPSA) is 67.2 Å². The maximum absolute atomic E-state index is 12.4. The number of hydrogen-bond acceptors (Lipinski definition) is 3. The molecule has 0 radical (unpaired) electrons. The van der Waals surface area contributed by atoms with Crippen LogP contribution in [0, 0.1) is 0 Å². The molecule has 1 heterocycles. The van der Waals surface area contributed by atoms with E-state index in [1.165, 1.54) is 0 Å². The first-order valence-electron chi connectivity index (χ1n) is 7.69. The van der Waals surface area contributed by atoms with Crippen molar-refractivity contribution in [3.05, 3.63) is 18.0 Å². The Bertz CT molecular complexity index is 440. The molecule has 2 unspecified atom stereocenters. The molecule has 0 spiro atoms. The van der Waals surface area contributed by atoms with Gasteiger partial charge in [-0.15, -0.1) is 0 Å². The number of aliphatic hydroxyl groups is 1. The van der Waals surface area contributed by atoms with Gasteiger partial charge in [0.15, 0.2) is 0 Å². The third-order valence-corrected chi connectivity index (χ3v) is 4.24. The summed E-state index contributed by atoms with van der Waals surface area (Å²) in [6.07, 6.45) is 6.88. The fourth-order valence-corrected chi connectivity index (χ4v) is 2.94. The second-order valence-electron chi connectivity index (χ2n) is 5.56. The highest BCUT2D eigenvalue weighted by Crippen LogP contribution is 2.20. The average Bonchev–Trinajstić information content (AvgIpc) is 2.92. The van der Waals surface area contributed by atoms with Crippen LogP contribution in [-0.4, -0.2) is 32.9 Å². The van der Waals surface area contributed by atoms with Crippen LogP contribution in [0.15, 0.2) is 12.3 Å². The van der Waals surface area contributed by atoms with Gasteiger partial charge in [-0.1, -0.05) is 26.7 Å². The number of aliphatic hydroxyl groups excluding tert-OH is 1. The van der Waals surface area contributed by atoms with Gasteiger partial charge in [0.05, 0.1) is 18.2 Å². The van der Waals surface area contributed by atoms with E-state index in [0.717, 1.165) is 38.5 Å². The van der Waals surface area contributed by atoms with E-state index in [1.54, 1.807) is 12.3 Å². The van der Waals surface area contributed by atoms with E-state index in [1.807, 2.05) is 4.68 Å². The summed E-state index contributed by atoms with van der Waals surface area (Å²) in [5.41, 5.74) is 0.594. The van der Waals surface area contributed by atoms with Crippen molar-refractivity contribution in [1.29, 1.82) is 0 Å². The van der Waals surface area contributed by atoms with Gasteiger partial charge in [0.1, 0.15) is 5.69 Å². The molecule has 5 nitrogen and oxygen atoms in total. The van der Waals surface area contributed by atoms with Crippen molar-refractivity contribution >= 4 is 5.91 Å². The normalized spacial score (nSPS) is 23.0. The number of hydrogen-bond donors (Lipinski definition) is 2. The van der Waals surface area contributed by atoms with E-state index in [9.17, 15) is 9.90 Å². The molecule has 1 aliphatic carbocycles. The van der Waals surface area contributed by atoms with Crippen molar-refractivity contribution in [3.8, 4) is 0 Å². The predicted molar refractivity (Wildman–Crippen MR) is 77.6 cm³/mol. The molecular weight excluding hydrogens is 254 g/mol. The van der Waals surface area contributed by atoms with Crippen LogP contribution in [0.5, 0.6) is 0 Å². The SMILES string of the molecule is CCC(CC)n1nccc1C(=O)NC1CCCCC1O. The number of carbonyl (C=O) groups is 1. The van der Waals surface area contributed by atoms with Crippen molar-refractivity contribution < 1.29 is 9.90 Å². The zero-order valence-corrected chi connectivity index (χ0v) is 12.4. The molecule has 2 rings (SSSR count). The predicted octanol–water partition coefficient (Wildman–Crippen LogP) is 2.28. The third-order valence-electron chi connectivity index (χ3n) is 4.24. The van der Waals surface area contributed by atoms with Crippen LogP contribution in [0.3, 0.4) is 0 Å². The Morgan fingerprint density at radius 3 is 2.80 bits per heavy atom. The minimum atomic E-state index is -0.419. The lowest BCUT2D eigenvalue weighted by Gasteiger charge is -2.28. The summed E-state index contributed by atoms with van der Waals surface area (Å²) in [5.74, 6) is -0.125. The number of rotatable bonds is 5. The Kier molecular flexibility index (Phi) is 5.17. The molecule has 20 heavy (non-hydrogen) atoms. The zero-order chi connectivity index (χ0) is 14.5. The van der Waals surface area contributed by atoms with E-state index in [-0.39, 0.29) is 18.0 Å². The molecule has 2 N–H and O–H groups in total. The lowest BCUT2D eigenvalue weighted by Crippen LogP contribution is -2.45. The summed E-state index contributed by atoms with van der Waals surface area (Å²) in [4.78, 5) is 12.4. The van der Waals surface area contributed by atoms with Gasteiger partial charge in [0, 0.05) is 6.20 Å². The maximum Gasteiger partial charge on any atom is 0.269 e. The smallest absolute Gasteiger partial charge is 0.269 e. The molecule has 1 aromatic heterocycles. The lowest BCUT2D eigenvalue weighted by molar-refractivity contribution is 0.0707. The van der Waals surface area contributed by atoms with Gasteiger partial charge in [0.25, 0.3) is 5.91 Å². The van der Waals surface area contributed by atoms with Gasteiger partial charge in [-0.25, -0.2) is 0 Å². The van der Waals surface area contributed by atoms with Crippen LogP contribution < -0.4 is 5.32 Å². The first-order chi connectivity index (χ1) is 9.67. The Labute approximate surface area is 120 Å². The summed E-state index contributed by atoms with van der Waals surface area (Å²) < 4.78 is 1.81. The molecule has 2 atom stereocenters. The number of amides is 1. The summed E-state index contributed by atoms with van der Waals surface area (Å²) in [6.45, 7) is 4.20. The lowest BCUT2D eigenvalue weighted by atomic mass is 9.92. The second kappa shape index (κ2) is 6.88. The van der Waals surface area contributed by atoms with Crippen molar-refractivity contribution in [2.45, 2.75) is 70.6 Å². The van der Waals surface area contributed by atoms with Crippen molar-refractivity contribution in [2.75, 3.05) is 0 Å². The molecule has 0 aliphatic heterocycles. The largest absolute Gasteiger partial charge is 0.391 e. The molecule has 1 amide bonds. The van der Waals surface area contributed by atoms with E-state index < -0.39 is 6.10 Å². The van der Waals surface area contributed by atoms with Gasteiger partial charge in [-0.3, -0.25) is 9.48 Å². The van der Waals surface area contributed by atoms with Gasteiger partial charge in [-0.05, 0) is 31.7 Å². The van der Waals surface area contributed by atoms with Gasteiger partial charge < -0.3 is 10.4 Å². The summed E-state index contributed by atoms with van der Waals surface area (Å²) in [7, 11) is 0. The molecule has 0 bridgehead atoms. The van der Waals surface area contributed by atoms with Gasteiger partial charge in [0.2, 0.25) is 0 Å². The standard InChI is InChI=1S/C15H25N3O2/c1-3-11(4-2)18-13(9-10-16-18)15(20)17-12-7-5-6-8-14(12)19/h9-12,14,19H,3-8H2,1-2H3,(H,17,20). The second-order valence-corrected chi connectivity index (χ2v) is 5.56. The van der Waals surface area contributed by atoms with Crippen LogP contribution in [0.25, 0.3) is 0 Å². The molecule has 112 valence electrons. The molecule has 1 saturated carbocycles. The number of nitrogens with one attached hydrogen (secondary N) is 1. The summed E-state index contributed by atoms with van der Waals surface area (Å²) >= 11 is 0. The van der Waals surface area contributed by atoms with E-state index in [4.69, 9.17) is 0 Å². The minimum absolute atomic E-state index is 0.124. The van der Waals surface area contributed by atoms with Crippen LogP contribution >= 0.6 is 0 Å². The molecular formula is C15H25N3O2. The van der Waals surface area contributed by atoms with E-state index in [2.05, 4.69) is 24.3 Å². The maximum atomic E-state index is 12.4. The zero-order valence-electron chi connectivity index (χ0n) is 12.4. The van der Waals surface area contributed by atoms with Gasteiger partial charge in [-0.2, -0.15) is 5.10 Å². The number of nitrogens with zero attached hydrogens (tertiary/aromatic N) is 2. The number of aromatic nitrogens is 2. The quantitative estimate of drug-likeness (QED) is 0.869. The fourth-order valence-electron chi connectivity index (χ4n) is 2.94. The molecule has 1 fully saturated rings. The Morgan fingerprint density at radius 2 is 2.15 bits per heavy atom. The molecule has 1 aromatic rings. The number of carbonyl (C=O) groups excluding carboxylic acids is 1. The van der Waals surface area contributed by atoms with Crippen LogP contribution in [0.2, 0.25) is 0 Å². The average molecular weight is 279 g/mol. The highest BCUT2D eigenvalue weighted by atomic mass is 16.3. The van der Waals surface area contributed by atoms with Crippen LogP contribution in [0.4, 0.5) is 0 Å². The van der Waals surface area contributed by atoms with Crippen LogP contribution in [-0.2, 0) is 0 Å². The highest BCUT2D eigenvalue weighted by Gasteiger charge is 2.26. The third kappa shape index (κ3) is 3.20. The van der Waals surface area contributed by atoms with Crippen molar-refractivity contribution in [2.24, 2.45) is 0 Å². The first kappa shape index (κ1) is 15.0.